The molecule has 0 N–H and O–H groups in total. The Balaban J connectivity index is 1.85. The van der Waals surface area contributed by atoms with Gasteiger partial charge in [-0.1, -0.05) is 30.1 Å². The Bertz CT molecular complexity index is 731. The zero-order valence-electron chi connectivity index (χ0n) is 13.2. The van der Waals surface area contributed by atoms with Crippen molar-refractivity contribution in [3.05, 3.63) is 45.6 Å². The van der Waals surface area contributed by atoms with Crippen LogP contribution in [-0.2, 0) is 0 Å². The van der Waals surface area contributed by atoms with Crippen molar-refractivity contribution in [2.24, 2.45) is 5.92 Å². The van der Waals surface area contributed by atoms with Gasteiger partial charge in [0.1, 0.15) is 11.5 Å². The molecule has 0 aliphatic carbocycles. The van der Waals surface area contributed by atoms with Crippen molar-refractivity contribution < 1.29 is 9.21 Å². The maximum Gasteiger partial charge on any atom is 0.257 e. The van der Waals surface area contributed by atoms with Crippen LogP contribution in [0.25, 0.3) is 11.3 Å². The third kappa shape index (κ3) is 3.41. The van der Waals surface area contributed by atoms with E-state index in [0.29, 0.717) is 33.0 Å². The van der Waals surface area contributed by atoms with E-state index < -0.39 is 0 Å². The van der Waals surface area contributed by atoms with Gasteiger partial charge >= 0.3 is 0 Å². The molecule has 0 bridgehead atoms. The molecule has 3 nitrogen and oxygen atoms in total. The summed E-state index contributed by atoms with van der Waals surface area (Å²) in [7, 11) is 0. The van der Waals surface area contributed by atoms with Gasteiger partial charge < -0.3 is 9.32 Å². The highest BCUT2D eigenvalue weighted by Gasteiger charge is 2.25. The molecule has 23 heavy (non-hydrogen) atoms. The van der Waals surface area contributed by atoms with Crippen LogP contribution in [0.15, 0.2) is 28.7 Å². The lowest BCUT2D eigenvalue weighted by Gasteiger charge is -2.30. The van der Waals surface area contributed by atoms with E-state index in [0.717, 1.165) is 31.5 Å². The van der Waals surface area contributed by atoms with Crippen LogP contribution in [0.2, 0.25) is 10.0 Å². The Labute approximate surface area is 146 Å². The molecule has 1 aliphatic heterocycles. The molecule has 1 amide bonds. The number of furan rings is 1. The number of benzene rings is 1. The average molecular weight is 352 g/mol. The number of nitrogens with zero attached hydrogens (tertiary/aromatic N) is 1. The predicted molar refractivity (Wildman–Crippen MR) is 93.2 cm³/mol. The summed E-state index contributed by atoms with van der Waals surface area (Å²) in [6, 6.07) is 7.11. The number of amides is 1. The number of hydrogen-bond donors (Lipinski definition) is 0. The topological polar surface area (TPSA) is 33.5 Å². The van der Waals surface area contributed by atoms with Crippen LogP contribution < -0.4 is 0 Å². The molecule has 0 unspecified atom stereocenters. The molecule has 1 aromatic carbocycles. The first-order chi connectivity index (χ1) is 11.0. The van der Waals surface area contributed by atoms with Crippen molar-refractivity contribution in [2.75, 3.05) is 13.1 Å². The van der Waals surface area contributed by atoms with Gasteiger partial charge in [-0.2, -0.15) is 0 Å². The highest BCUT2D eigenvalue weighted by molar-refractivity contribution is 6.42. The van der Waals surface area contributed by atoms with Crippen molar-refractivity contribution in [3.8, 4) is 11.3 Å². The van der Waals surface area contributed by atoms with E-state index in [1.807, 2.05) is 17.9 Å². The van der Waals surface area contributed by atoms with Crippen LogP contribution in [0.1, 0.15) is 35.9 Å². The molecular weight excluding hydrogens is 333 g/mol. The van der Waals surface area contributed by atoms with E-state index in [4.69, 9.17) is 27.6 Å². The average Bonchev–Trinajstić information content (AvgIpc) is 2.92. The lowest BCUT2D eigenvalue weighted by atomic mass is 9.98. The molecule has 1 aromatic heterocycles. The number of aryl methyl sites for hydroxylation is 1. The predicted octanol–water partition coefficient (Wildman–Crippen LogP) is 5.43. The largest absolute Gasteiger partial charge is 0.461 e. The van der Waals surface area contributed by atoms with Crippen molar-refractivity contribution in [3.63, 3.8) is 0 Å². The molecule has 2 aromatic rings. The van der Waals surface area contributed by atoms with Gasteiger partial charge in [-0.25, -0.2) is 0 Å². The molecule has 122 valence electrons. The molecule has 1 fully saturated rings. The second-order valence-electron chi connectivity index (χ2n) is 6.18. The molecule has 1 aliphatic rings. The fourth-order valence-corrected chi connectivity index (χ4v) is 3.17. The first-order valence-electron chi connectivity index (χ1n) is 7.81. The maximum atomic E-state index is 12.7. The molecule has 0 saturated carbocycles. The Morgan fingerprint density at radius 1 is 1.17 bits per heavy atom. The van der Waals surface area contributed by atoms with E-state index in [2.05, 4.69) is 6.92 Å². The number of rotatable bonds is 2. The summed E-state index contributed by atoms with van der Waals surface area (Å²) < 4.78 is 5.78. The van der Waals surface area contributed by atoms with Crippen LogP contribution in [0.3, 0.4) is 0 Å². The van der Waals surface area contributed by atoms with Crippen LogP contribution >= 0.6 is 23.2 Å². The molecular formula is C18H19Cl2NO2. The smallest absolute Gasteiger partial charge is 0.257 e. The summed E-state index contributed by atoms with van der Waals surface area (Å²) in [6.07, 6.45) is 2.12. The third-order valence-corrected chi connectivity index (χ3v) is 5.16. The minimum atomic E-state index is 0.0458. The lowest BCUT2D eigenvalue weighted by Crippen LogP contribution is -2.37. The Hall–Kier alpha value is -1.45. The normalized spacial score (nSPS) is 15.9. The van der Waals surface area contributed by atoms with E-state index >= 15 is 0 Å². The van der Waals surface area contributed by atoms with Crippen LogP contribution in [0.5, 0.6) is 0 Å². The van der Waals surface area contributed by atoms with Gasteiger partial charge in [0.15, 0.2) is 0 Å². The number of halogens is 2. The Morgan fingerprint density at radius 2 is 1.87 bits per heavy atom. The molecule has 0 spiro atoms. The van der Waals surface area contributed by atoms with Gasteiger partial charge in [-0.05, 0) is 49.9 Å². The van der Waals surface area contributed by atoms with E-state index in [1.54, 1.807) is 18.2 Å². The third-order valence-electron chi connectivity index (χ3n) is 4.42. The van der Waals surface area contributed by atoms with Gasteiger partial charge in [0.05, 0.1) is 15.6 Å². The minimum absolute atomic E-state index is 0.0458. The second kappa shape index (κ2) is 6.58. The van der Waals surface area contributed by atoms with Crippen LogP contribution in [-0.4, -0.2) is 23.9 Å². The van der Waals surface area contributed by atoms with Gasteiger partial charge in [-0.3, -0.25) is 4.79 Å². The van der Waals surface area contributed by atoms with Crippen molar-refractivity contribution in [2.45, 2.75) is 26.7 Å². The molecule has 0 atom stereocenters. The van der Waals surface area contributed by atoms with Gasteiger partial charge in [-0.15, -0.1) is 0 Å². The zero-order chi connectivity index (χ0) is 16.6. The monoisotopic (exact) mass is 351 g/mol. The summed E-state index contributed by atoms with van der Waals surface area (Å²) in [5, 5.41) is 0.966. The van der Waals surface area contributed by atoms with Crippen LogP contribution in [0, 0.1) is 12.8 Å². The minimum Gasteiger partial charge on any atom is -0.461 e. The fraction of sp³-hybridized carbons (Fsp3) is 0.389. The van der Waals surface area contributed by atoms with E-state index in [1.165, 1.54) is 0 Å². The highest BCUT2D eigenvalue weighted by Crippen LogP contribution is 2.31. The van der Waals surface area contributed by atoms with E-state index in [-0.39, 0.29) is 5.91 Å². The summed E-state index contributed by atoms with van der Waals surface area (Å²) in [6.45, 7) is 5.67. The molecule has 3 rings (SSSR count). The van der Waals surface area contributed by atoms with Crippen molar-refractivity contribution in [1.82, 2.24) is 4.90 Å². The number of likely N-dealkylation sites (tertiary alicyclic amines) is 1. The fourth-order valence-electron chi connectivity index (χ4n) is 2.87. The SMILES string of the molecule is Cc1oc(-c2ccc(Cl)c(Cl)c2)cc1C(=O)N1CCC(C)CC1. The first-order valence-corrected chi connectivity index (χ1v) is 8.56. The standard InChI is InChI=1S/C18H19Cl2NO2/c1-11-5-7-21(8-6-11)18(22)14-10-17(23-12(14)2)13-3-4-15(19)16(20)9-13/h3-4,9-11H,5-8H2,1-2H3. The summed E-state index contributed by atoms with van der Waals surface area (Å²) in [5.74, 6) is 2.00. The van der Waals surface area contributed by atoms with Gasteiger partial charge in [0.25, 0.3) is 5.91 Å². The quantitative estimate of drug-likeness (QED) is 0.722. The number of hydrogen-bond acceptors (Lipinski definition) is 2. The van der Waals surface area contributed by atoms with E-state index in [9.17, 15) is 4.79 Å². The highest BCUT2D eigenvalue weighted by atomic mass is 35.5. The first kappa shape index (κ1) is 16.4. The summed E-state index contributed by atoms with van der Waals surface area (Å²) >= 11 is 12.0. The van der Waals surface area contributed by atoms with Gasteiger partial charge in [0, 0.05) is 18.7 Å². The molecule has 1 saturated heterocycles. The maximum absolute atomic E-state index is 12.7. The van der Waals surface area contributed by atoms with Crippen molar-refractivity contribution >= 4 is 29.1 Å². The molecule has 2 heterocycles. The summed E-state index contributed by atoms with van der Waals surface area (Å²) in [4.78, 5) is 14.6. The number of piperidine rings is 1. The molecule has 0 radical (unpaired) electrons. The zero-order valence-corrected chi connectivity index (χ0v) is 14.7. The van der Waals surface area contributed by atoms with Crippen LogP contribution in [0.4, 0.5) is 0 Å². The summed E-state index contributed by atoms with van der Waals surface area (Å²) in [5.41, 5.74) is 1.44. The number of carbonyl (C=O) groups is 1. The Morgan fingerprint density at radius 3 is 2.52 bits per heavy atom. The second-order valence-corrected chi connectivity index (χ2v) is 7.00. The molecule has 5 heteroatoms. The number of carbonyl (C=O) groups excluding carboxylic acids is 1. The Kier molecular flexibility index (Phi) is 4.69. The lowest BCUT2D eigenvalue weighted by molar-refractivity contribution is 0.0695. The van der Waals surface area contributed by atoms with Crippen molar-refractivity contribution in [1.29, 1.82) is 0 Å². The van der Waals surface area contributed by atoms with Gasteiger partial charge in [0.2, 0.25) is 0 Å².